The maximum atomic E-state index is 12.8. The second kappa shape index (κ2) is 8.91. The van der Waals surface area contributed by atoms with Crippen LogP contribution in [0.2, 0.25) is 0 Å². The SMILES string of the molecule is Cc1ccc(-c2nnc(SCC(=O)N(C(C)C)C3CCCCC3)o2)cc1C. The average Bonchev–Trinajstić information content (AvgIpc) is 3.12. The molecule has 27 heavy (non-hydrogen) atoms. The Balaban J connectivity index is 1.63. The number of hydrogen-bond donors (Lipinski definition) is 0. The third kappa shape index (κ3) is 4.92. The van der Waals surface area contributed by atoms with Crippen LogP contribution < -0.4 is 0 Å². The van der Waals surface area contributed by atoms with Gasteiger partial charge in [0.05, 0.1) is 5.75 Å². The van der Waals surface area contributed by atoms with Crippen LogP contribution in [0.15, 0.2) is 27.8 Å². The van der Waals surface area contributed by atoms with E-state index in [2.05, 4.69) is 48.9 Å². The fraction of sp³-hybridized carbons (Fsp3) is 0.571. The Labute approximate surface area is 165 Å². The number of carbonyl (C=O) groups excluding carboxylic acids is 1. The topological polar surface area (TPSA) is 59.2 Å². The summed E-state index contributed by atoms with van der Waals surface area (Å²) in [5, 5.41) is 8.70. The molecule has 0 unspecified atom stereocenters. The van der Waals surface area contributed by atoms with E-state index >= 15 is 0 Å². The van der Waals surface area contributed by atoms with E-state index in [0.717, 1.165) is 18.4 Å². The van der Waals surface area contributed by atoms with Crippen molar-refractivity contribution in [3.63, 3.8) is 0 Å². The van der Waals surface area contributed by atoms with Crippen LogP contribution in [0.5, 0.6) is 0 Å². The summed E-state index contributed by atoms with van der Waals surface area (Å²) >= 11 is 1.33. The maximum absolute atomic E-state index is 12.8. The fourth-order valence-electron chi connectivity index (χ4n) is 3.73. The number of thioether (sulfide) groups is 1. The lowest BCUT2D eigenvalue weighted by Crippen LogP contribution is -2.46. The first kappa shape index (κ1) is 19.9. The number of aryl methyl sites for hydroxylation is 2. The minimum atomic E-state index is 0.160. The normalized spacial score (nSPS) is 15.3. The summed E-state index contributed by atoms with van der Waals surface area (Å²) in [6, 6.07) is 6.68. The molecule has 1 aliphatic carbocycles. The molecule has 1 fully saturated rings. The van der Waals surface area contributed by atoms with Gasteiger partial charge in [0.25, 0.3) is 5.22 Å². The van der Waals surface area contributed by atoms with Gasteiger partial charge >= 0.3 is 0 Å². The van der Waals surface area contributed by atoms with Crippen LogP contribution in [-0.4, -0.2) is 38.8 Å². The van der Waals surface area contributed by atoms with Crippen LogP contribution in [0.3, 0.4) is 0 Å². The molecule has 2 aromatic rings. The standard InChI is InChI=1S/C21H29N3O2S/c1-14(2)24(18-8-6-5-7-9-18)19(25)13-27-21-23-22-20(26-21)17-11-10-15(3)16(4)12-17/h10-12,14,18H,5-9,13H2,1-4H3. The highest BCUT2D eigenvalue weighted by Gasteiger charge is 2.27. The van der Waals surface area contributed by atoms with Crippen molar-refractivity contribution in [2.24, 2.45) is 0 Å². The van der Waals surface area contributed by atoms with Gasteiger partial charge in [-0.1, -0.05) is 37.1 Å². The van der Waals surface area contributed by atoms with Gasteiger partial charge in [0.15, 0.2) is 0 Å². The second-order valence-electron chi connectivity index (χ2n) is 7.65. The zero-order valence-corrected chi connectivity index (χ0v) is 17.5. The van der Waals surface area contributed by atoms with E-state index < -0.39 is 0 Å². The first-order valence-electron chi connectivity index (χ1n) is 9.81. The van der Waals surface area contributed by atoms with Crippen LogP contribution in [-0.2, 0) is 4.79 Å². The molecule has 0 aliphatic heterocycles. The minimum absolute atomic E-state index is 0.160. The molecule has 1 saturated carbocycles. The maximum Gasteiger partial charge on any atom is 0.277 e. The molecular weight excluding hydrogens is 358 g/mol. The molecule has 0 N–H and O–H groups in total. The molecule has 0 saturated heterocycles. The summed E-state index contributed by atoms with van der Waals surface area (Å²) in [5.41, 5.74) is 3.33. The van der Waals surface area contributed by atoms with Crippen molar-refractivity contribution in [1.82, 2.24) is 15.1 Å². The van der Waals surface area contributed by atoms with Crippen molar-refractivity contribution < 1.29 is 9.21 Å². The molecule has 0 radical (unpaired) electrons. The number of nitrogens with zero attached hydrogens (tertiary/aromatic N) is 3. The molecule has 146 valence electrons. The Kier molecular flexibility index (Phi) is 6.58. The van der Waals surface area contributed by atoms with Gasteiger partial charge in [0, 0.05) is 17.6 Å². The molecule has 0 atom stereocenters. The van der Waals surface area contributed by atoms with Crippen LogP contribution in [0.4, 0.5) is 0 Å². The lowest BCUT2D eigenvalue weighted by Gasteiger charge is -2.37. The van der Waals surface area contributed by atoms with E-state index in [9.17, 15) is 4.79 Å². The minimum Gasteiger partial charge on any atom is -0.411 e. The zero-order valence-electron chi connectivity index (χ0n) is 16.7. The monoisotopic (exact) mass is 387 g/mol. The number of aromatic nitrogens is 2. The molecule has 1 heterocycles. The lowest BCUT2D eigenvalue weighted by atomic mass is 9.93. The third-order valence-electron chi connectivity index (χ3n) is 5.29. The van der Waals surface area contributed by atoms with Crippen molar-refractivity contribution in [3.8, 4) is 11.5 Å². The van der Waals surface area contributed by atoms with Gasteiger partial charge in [-0.25, -0.2) is 0 Å². The van der Waals surface area contributed by atoms with Crippen LogP contribution >= 0.6 is 11.8 Å². The van der Waals surface area contributed by atoms with E-state index in [4.69, 9.17) is 4.42 Å². The molecule has 1 amide bonds. The van der Waals surface area contributed by atoms with Gasteiger partial charge in [0.1, 0.15) is 0 Å². The molecule has 5 nitrogen and oxygen atoms in total. The molecule has 3 rings (SSSR count). The first-order chi connectivity index (χ1) is 13.0. The predicted octanol–water partition coefficient (Wildman–Crippen LogP) is 5.02. The Bertz CT molecular complexity index is 781. The Morgan fingerprint density at radius 2 is 1.93 bits per heavy atom. The Hall–Kier alpha value is -1.82. The van der Waals surface area contributed by atoms with Gasteiger partial charge in [-0.15, -0.1) is 10.2 Å². The van der Waals surface area contributed by atoms with Crippen molar-refractivity contribution in [2.45, 2.75) is 77.1 Å². The van der Waals surface area contributed by atoms with Gasteiger partial charge in [0.2, 0.25) is 11.8 Å². The van der Waals surface area contributed by atoms with Crippen molar-refractivity contribution in [1.29, 1.82) is 0 Å². The summed E-state index contributed by atoms with van der Waals surface area (Å²) in [5.74, 6) is 0.998. The molecule has 1 aromatic carbocycles. The predicted molar refractivity (Wildman–Crippen MR) is 109 cm³/mol. The van der Waals surface area contributed by atoms with E-state index in [0.29, 0.717) is 22.9 Å². The summed E-state index contributed by atoms with van der Waals surface area (Å²) in [6.07, 6.45) is 5.96. The summed E-state index contributed by atoms with van der Waals surface area (Å²) in [7, 11) is 0. The first-order valence-corrected chi connectivity index (χ1v) is 10.8. The molecular formula is C21H29N3O2S. The quantitative estimate of drug-likeness (QED) is 0.652. The Morgan fingerprint density at radius 3 is 2.59 bits per heavy atom. The largest absolute Gasteiger partial charge is 0.411 e. The van der Waals surface area contributed by atoms with Crippen molar-refractivity contribution in [3.05, 3.63) is 29.3 Å². The smallest absolute Gasteiger partial charge is 0.277 e. The summed E-state index contributed by atoms with van der Waals surface area (Å²) in [4.78, 5) is 14.9. The molecule has 1 aromatic heterocycles. The average molecular weight is 388 g/mol. The highest BCUT2D eigenvalue weighted by molar-refractivity contribution is 7.99. The summed E-state index contributed by atoms with van der Waals surface area (Å²) in [6.45, 7) is 8.34. The zero-order chi connectivity index (χ0) is 19.4. The van der Waals surface area contributed by atoms with Crippen LogP contribution in [0.25, 0.3) is 11.5 Å². The molecule has 0 bridgehead atoms. The second-order valence-corrected chi connectivity index (χ2v) is 8.57. The van der Waals surface area contributed by atoms with E-state index in [1.807, 2.05) is 12.1 Å². The van der Waals surface area contributed by atoms with Crippen LogP contribution in [0.1, 0.15) is 57.1 Å². The van der Waals surface area contributed by atoms with Crippen molar-refractivity contribution in [2.75, 3.05) is 5.75 Å². The molecule has 6 heteroatoms. The Morgan fingerprint density at radius 1 is 1.19 bits per heavy atom. The van der Waals surface area contributed by atoms with E-state index in [-0.39, 0.29) is 11.9 Å². The highest BCUT2D eigenvalue weighted by atomic mass is 32.2. The van der Waals surface area contributed by atoms with E-state index in [1.165, 1.54) is 42.2 Å². The third-order valence-corrected chi connectivity index (χ3v) is 6.10. The number of rotatable bonds is 6. The number of hydrogen-bond acceptors (Lipinski definition) is 5. The van der Waals surface area contributed by atoms with Gasteiger partial charge in [-0.2, -0.15) is 0 Å². The van der Waals surface area contributed by atoms with Crippen LogP contribution in [0, 0.1) is 13.8 Å². The summed E-state index contributed by atoms with van der Waals surface area (Å²) < 4.78 is 5.77. The molecule has 0 spiro atoms. The van der Waals surface area contributed by atoms with Gasteiger partial charge < -0.3 is 9.32 Å². The number of amides is 1. The fourth-order valence-corrected chi connectivity index (χ4v) is 4.36. The number of benzene rings is 1. The number of carbonyl (C=O) groups is 1. The highest BCUT2D eigenvalue weighted by Crippen LogP contribution is 2.27. The molecule has 1 aliphatic rings. The van der Waals surface area contributed by atoms with Crippen molar-refractivity contribution >= 4 is 17.7 Å². The van der Waals surface area contributed by atoms with E-state index in [1.54, 1.807) is 0 Å². The van der Waals surface area contributed by atoms with Gasteiger partial charge in [-0.3, -0.25) is 4.79 Å². The lowest BCUT2D eigenvalue weighted by molar-refractivity contribution is -0.133. The van der Waals surface area contributed by atoms with Gasteiger partial charge in [-0.05, 0) is 63.8 Å².